The van der Waals surface area contributed by atoms with Gasteiger partial charge in [-0.3, -0.25) is 4.79 Å². The summed E-state index contributed by atoms with van der Waals surface area (Å²) in [5, 5.41) is 6.81. The van der Waals surface area contributed by atoms with Crippen molar-refractivity contribution in [3.63, 3.8) is 0 Å². The molecule has 1 N–H and O–H groups in total. The monoisotopic (exact) mass is 407 g/mol. The lowest BCUT2D eigenvalue weighted by Crippen LogP contribution is -2.49. The molecule has 0 saturated carbocycles. The van der Waals surface area contributed by atoms with Gasteiger partial charge in [0.2, 0.25) is 10.0 Å². The highest BCUT2D eigenvalue weighted by atomic mass is 32.2. The van der Waals surface area contributed by atoms with E-state index in [1.54, 1.807) is 24.3 Å². The third-order valence-corrected chi connectivity index (χ3v) is 6.14. The summed E-state index contributed by atoms with van der Waals surface area (Å²) < 4.78 is 35.7. The molecular formula is C19H25N3O5S. The number of piperidine rings is 1. The van der Waals surface area contributed by atoms with Crippen molar-refractivity contribution in [1.82, 2.24) is 14.8 Å². The van der Waals surface area contributed by atoms with Crippen LogP contribution in [-0.2, 0) is 16.6 Å². The van der Waals surface area contributed by atoms with Gasteiger partial charge in [-0.1, -0.05) is 5.16 Å². The molecule has 1 aliphatic rings. The van der Waals surface area contributed by atoms with Crippen LogP contribution in [0.3, 0.4) is 0 Å². The van der Waals surface area contributed by atoms with Crippen molar-refractivity contribution < 1.29 is 22.5 Å². The molecule has 0 aliphatic carbocycles. The number of carbonyl (C=O) groups excluding carboxylic acids is 1. The van der Waals surface area contributed by atoms with Crippen molar-refractivity contribution in [2.75, 3.05) is 19.3 Å². The van der Waals surface area contributed by atoms with Gasteiger partial charge in [-0.05, 0) is 51.0 Å². The number of ether oxygens (including phenoxy) is 1. The molecule has 8 nitrogen and oxygen atoms in total. The minimum atomic E-state index is -3.24. The van der Waals surface area contributed by atoms with Crippen LogP contribution in [0, 0.1) is 13.8 Å². The number of nitrogens with one attached hydrogen (secondary N) is 1. The Hall–Kier alpha value is -2.39. The zero-order chi connectivity index (χ0) is 20.3. The van der Waals surface area contributed by atoms with E-state index < -0.39 is 10.0 Å². The minimum Gasteiger partial charge on any atom is -0.489 e. The molecule has 1 amide bonds. The number of rotatable bonds is 6. The third-order valence-electron chi connectivity index (χ3n) is 4.87. The molecule has 1 fully saturated rings. The summed E-state index contributed by atoms with van der Waals surface area (Å²) in [7, 11) is -3.24. The van der Waals surface area contributed by atoms with Gasteiger partial charge in [0, 0.05) is 24.7 Å². The molecule has 2 heterocycles. The van der Waals surface area contributed by atoms with Crippen LogP contribution in [0.4, 0.5) is 0 Å². The first kappa shape index (κ1) is 20.3. The van der Waals surface area contributed by atoms with E-state index in [9.17, 15) is 13.2 Å². The first-order valence-electron chi connectivity index (χ1n) is 9.14. The molecule has 3 rings (SSSR count). The first-order chi connectivity index (χ1) is 13.2. The Balaban J connectivity index is 1.56. The second-order valence-corrected chi connectivity index (χ2v) is 9.03. The number of aryl methyl sites for hydroxylation is 2. The lowest BCUT2D eigenvalue weighted by molar-refractivity contribution is 0.0921. The number of hydrogen-bond acceptors (Lipinski definition) is 6. The van der Waals surface area contributed by atoms with Gasteiger partial charge in [0.1, 0.15) is 18.1 Å². The lowest BCUT2D eigenvalue weighted by atomic mass is 10.1. The van der Waals surface area contributed by atoms with Crippen molar-refractivity contribution in [3.05, 3.63) is 46.8 Å². The number of benzene rings is 1. The first-order valence-corrected chi connectivity index (χ1v) is 11.0. The highest BCUT2D eigenvalue weighted by Gasteiger charge is 2.27. The maximum Gasteiger partial charge on any atom is 0.251 e. The van der Waals surface area contributed by atoms with Crippen molar-refractivity contribution in [3.8, 4) is 5.75 Å². The number of hydrogen-bond donors (Lipinski definition) is 1. The van der Waals surface area contributed by atoms with Gasteiger partial charge in [0.05, 0.1) is 17.5 Å². The van der Waals surface area contributed by atoms with Crippen molar-refractivity contribution >= 4 is 15.9 Å². The van der Waals surface area contributed by atoms with Gasteiger partial charge in [-0.25, -0.2) is 12.7 Å². The zero-order valence-corrected chi connectivity index (χ0v) is 17.1. The number of sulfonamides is 1. The normalized spacial score (nSPS) is 18.0. The van der Waals surface area contributed by atoms with Crippen LogP contribution in [0.15, 0.2) is 28.8 Å². The molecule has 9 heteroatoms. The van der Waals surface area contributed by atoms with E-state index >= 15 is 0 Å². The highest BCUT2D eigenvalue weighted by Crippen LogP contribution is 2.19. The fourth-order valence-electron chi connectivity index (χ4n) is 3.20. The molecular weight excluding hydrogens is 382 g/mol. The van der Waals surface area contributed by atoms with Gasteiger partial charge in [-0.2, -0.15) is 0 Å². The Morgan fingerprint density at radius 1 is 1.32 bits per heavy atom. The lowest BCUT2D eigenvalue weighted by Gasteiger charge is -2.31. The van der Waals surface area contributed by atoms with Crippen molar-refractivity contribution in [2.45, 2.75) is 39.3 Å². The van der Waals surface area contributed by atoms with E-state index in [1.165, 1.54) is 10.6 Å². The smallest absolute Gasteiger partial charge is 0.251 e. The standard InChI is InChI=1S/C19H25N3O5S/c1-13-18(14(2)27-21-13)12-26-17-8-6-15(7-9-17)19(23)20-16-5-4-10-22(11-16)28(3,24)25/h6-9,16H,4-5,10-12H2,1-3H3,(H,20,23). The number of aromatic nitrogens is 1. The number of amides is 1. The predicted octanol–water partition coefficient (Wildman–Crippen LogP) is 2.02. The van der Waals surface area contributed by atoms with Crippen LogP contribution in [0.2, 0.25) is 0 Å². The average molecular weight is 407 g/mol. The van der Waals surface area contributed by atoms with Gasteiger partial charge in [0.15, 0.2) is 0 Å². The summed E-state index contributed by atoms with van der Waals surface area (Å²) in [4.78, 5) is 12.5. The summed E-state index contributed by atoms with van der Waals surface area (Å²) in [6.45, 7) is 4.85. The van der Waals surface area contributed by atoms with Gasteiger partial charge < -0.3 is 14.6 Å². The molecule has 152 valence electrons. The summed E-state index contributed by atoms with van der Waals surface area (Å²) in [5.41, 5.74) is 2.21. The SMILES string of the molecule is Cc1noc(C)c1COc1ccc(C(=O)NC2CCCN(S(C)(=O)=O)C2)cc1. The van der Waals surface area contributed by atoms with Crippen molar-refractivity contribution in [2.24, 2.45) is 0 Å². The van der Waals surface area contributed by atoms with Crippen molar-refractivity contribution in [1.29, 1.82) is 0 Å². The fraction of sp³-hybridized carbons (Fsp3) is 0.474. The molecule has 28 heavy (non-hydrogen) atoms. The molecule has 0 spiro atoms. The molecule has 2 aromatic rings. The molecule has 1 unspecified atom stereocenters. The van der Waals surface area contributed by atoms with Crippen LogP contribution in [0.5, 0.6) is 5.75 Å². The topological polar surface area (TPSA) is 102 Å². The second-order valence-electron chi connectivity index (χ2n) is 7.05. The fourth-order valence-corrected chi connectivity index (χ4v) is 4.11. The Morgan fingerprint density at radius 2 is 2.04 bits per heavy atom. The van der Waals surface area contributed by atoms with E-state index in [1.807, 2.05) is 13.8 Å². The zero-order valence-electron chi connectivity index (χ0n) is 16.3. The van der Waals surface area contributed by atoms with Crippen LogP contribution in [0.25, 0.3) is 0 Å². The molecule has 0 bridgehead atoms. The largest absolute Gasteiger partial charge is 0.489 e. The summed E-state index contributed by atoms with van der Waals surface area (Å²) in [6, 6.07) is 6.66. The van der Waals surface area contributed by atoms with E-state index in [0.29, 0.717) is 31.0 Å². The molecule has 1 saturated heterocycles. The van der Waals surface area contributed by atoms with Gasteiger partial charge >= 0.3 is 0 Å². The molecule has 1 aromatic carbocycles. The Kier molecular flexibility index (Phi) is 6.04. The quantitative estimate of drug-likeness (QED) is 0.786. The molecule has 1 atom stereocenters. The third kappa shape index (κ3) is 4.90. The van der Waals surface area contributed by atoms with E-state index in [4.69, 9.17) is 9.26 Å². The summed E-state index contributed by atoms with van der Waals surface area (Å²) in [6.07, 6.45) is 2.68. The van der Waals surface area contributed by atoms with E-state index in [0.717, 1.165) is 29.9 Å². The van der Waals surface area contributed by atoms with Crippen LogP contribution < -0.4 is 10.1 Å². The number of nitrogens with zero attached hydrogens (tertiary/aromatic N) is 2. The van der Waals surface area contributed by atoms with Crippen LogP contribution in [-0.4, -0.2) is 49.2 Å². The van der Waals surface area contributed by atoms with Gasteiger partial charge in [0.25, 0.3) is 5.91 Å². The maximum atomic E-state index is 12.5. The van der Waals surface area contributed by atoms with Crippen LogP contribution >= 0.6 is 0 Å². The second kappa shape index (κ2) is 8.32. The predicted molar refractivity (Wildman–Crippen MR) is 104 cm³/mol. The van der Waals surface area contributed by atoms with Crippen LogP contribution in [0.1, 0.15) is 40.2 Å². The summed E-state index contributed by atoms with van der Waals surface area (Å²) in [5.74, 6) is 1.14. The van der Waals surface area contributed by atoms with E-state index in [-0.39, 0.29) is 11.9 Å². The molecule has 0 radical (unpaired) electrons. The van der Waals surface area contributed by atoms with Gasteiger partial charge in [-0.15, -0.1) is 0 Å². The summed E-state index contributed by atoms with van der Waals surface area (Å²) >= 11 is 0. The Labute approximate surface area is 164 Å². The molecule has 1 aliphatic heterocycles. The Bertz CT molecular complexity index is 917. The number of carbonyl (C=O) groups is 1. The van der Waals surface area contributed by atoms with E-state index in [2.05, 4.69) is 10.5 Å². The average Bonchev–Trinajstić information content (AvgIpc) is 2.98. The molecule has 1 aromatic heterocycles. The maximum absolute atomic E-state index is 12.5. The minimum absolute atomic E-state index is 0.188. The Morgan fingerprint density at radius 3 is 2.64 bits per heavy atom. The highest BCUT2D eigenvalue weighted by molar-refractivity contribution is 7.88.